The van der Waals surface area contributed by atoms with Crippen molar-refractivity contribution in [3.63, 3.8) is 0 Å². The minimum Gasteiger partial charge on any atom is -0.466 e. The molecule has 0 atom stereocenters. The highest BCUT2D eigenvalue weighted by Gasteiger charge is 2.09. The molecule has 0 heterocycles. The number of amides is 2. The second-order valence-corrected chi connectivity index (χ2v) is 5.73. The van der Waals surface area contributed by atoms with E-state index in [9.17, 15) is 14.4 Å². The first-order chi connectivity index (χ1) is 11.8. The molecule has 1 aromatic rings. The van der Waals surface area contributed by atoms with Gasteiger partial charge in [-0.2, -0.15) is 5.10 Å². The van der Waals surface area contributed by atoms with Crippen LogP contribution in [0.15, 0.2) is 23.3 Å². The number of esters is 1. The summed E-state index contributed by atoms with van der Waals surface area (Å²) >= 11 is 0. The van der Waals surface area contributed by atoms with E-state index in [4.69, 9.17) is 4.74 Å². The Balaban J connectivity index is 2.39. The average Bonchev–Trinajstić information content (AvgIpc) is 2.54. The topological polar surface area (TPSA) is 96.9 Å². The van der Waals surface area contributed by atoms with E-state index in [0.29, 0.717) is 12.3 Å². The van der Waals surface area contributed by atoms with Crippen LogP contribution in [0, 0.1) is 13.8 Å². The molecular weight excluding hydrogens is 322 g/mol. The molecule has 136 valence electrons. The summed E-state index contributed by atoms with van der Waals surface area (Å²) < 4.78 is 4.79. The van der Waals surface area contributed by atoms with Crippen LogP contribution < -0.4 is 10.7 Å². The van der Waals surface area contributed by atoms with E-state index in [1.54, 1.807) is 13.8 Å². The molecule has 7 heteroatoms. The number of hydrazone groups is 1. The van der Waals surface area contributed by atoms with Crippen molar-refractivity contribution in [3.05, 3.63) is 29.3 Å². The zero-order chi connectivity index (χ0) is 18.8. The third-order valence-corrected chi connectivity index (χ3v) is 3.32. The van der Waals surface area contributed by atoms with E-state index < -0.39 is 5.97 Å². The first-order valence-corrected chi connectivity index (χ1v) is 8.16. The van der Waals surface area contributed by atoms with E-state index in [0.717, 1.165) is 16.8 Å². The summed E-state index contributed by atoms with van der Waals surface area (Å²) in [5, 5.41) is 6.61. The molecule has 0 aliphatic heterocycles. The lowest BCUT2D eigenvalue weighted by atomic mass is 10.1. The van der Waals surface area contributed by atoms with Gasteiger partial charge in [-0.1, -0.05) is 12.1 Å². The summed E-state index contributed by atoms with van der Waals surface area (Å²) in [6, 6.07) is 5.78. The van der Waals surface area contributed by atoms with Crippen molar-refractivity contribution in [2.24, 2.45) is 5.10 Å². The van der Waals surface area contributed by atoms with Crippen LogP contribution in [-0.4, -0.2) is 30.1 Å². The maximum Gasteiger partial charge on any atom is 0.311 e. The van der Waals surface area contributed by atoms with Gasteiger partial charge in [0.05, 0.1) is 13.0 Å². The number of nitrogens with one attached hydrogen (secondary N) is 2. The maximum atomic E-state index is 11.9. The smallest absolute Gasteiger partial charge is 0.311 e. The van der Waals surface area contributed by atoms with Gasteiger partial charge >= 0.3 is 5.97 Å². The Labute approximate surface area is 147 Å². The summed E-state index contributed by atoms with van der Waals surface area (Å²) in [6.45, 7) is 7.48. The molecule has 0 aromatic heterocycles. The van der Waals surface area contributed by atoms with Crippen LogP contribution in [0.2, 0.25) is 0 Å². The molecule has 7 nitrogen and oxygen atoms in total. The van der Waals surface area contributed by atoms with Gasteiger partial charge in [-0.05, 0) is 44.9 Å². The number of anilines is 1. The number of aryl methyl sites for hydroxylation is 2. The third-order valence-electron chi connectivity index (χ3n) is 3.32. The average molecular weight is 347 g/mol. The first kappa shape index (κ1) is 20.3. The van der Waals surface area contributed by atoms with Crippen molar-refractivity contribution in [1.82, 2.24) is 5.43 Å². The Morgan fingerprint density at radius 1 is 1.12 bits per heavy atom. The van der Waals surface area contributed by atoms with E-state index in [1.807, 2.05) is 32.0 Å². The van der Waals surface area contributed by atoms with E-state index in [2.05, 4.69) is 15.8 Å². The van der Waals surface area contributed by atoms with Gasteiger partial charge in [-0.15, -0.1) is 0 Å². The van der Waals surface area contributed by atoms with E-state index >= 15 is 0 Å². The number of ether oxygens (including phenoxy) is 1. The van der Waals surface area contributed by atoms with E-state index in [1.165, 1.54) is 0 Å². The van der Waals surface area contributed by atoms with Crippen LogP contribution in [0.25, 0.3) is 0 Å². The van der Waals surface area contributed by atoms with Gasteiger partial charge in [0.1, 0.15) is 0 Å². The molecule has 0 spiro atoms. The number of hydrogen-bond acceptors (Lipinski definition) is 5. The summed E-state index contributed by atoms with van der Waals surface area (Å²) in [5.74, 6) is -1.03. The molecule has 0 unspecified atom stereocenters. The molecule has 0 saturated carbocycles. The summed E-state index contributed by atoms with van der Waals surface area (Å²) in [7, 11) is 0. The fourth-order valence-corrected chi connectivity index (χ4v) is 1.98. The monoisotopic (exact) mass is 347 g/mol. The third kappa shape index (κ3) is 8.10. The van der Waals surface area contributed by atoms with Crippen LogP contribution in [0.1, 0.15) is 44.2 Å². The molecular formula is C18H25N3O4. The molecule has 1 aromatic carbocycles. The molecule has 0 radical (unpaired) electrons. The normalized spacial score (nSPS) is 11.0. The molecule has 2 amide bonds. The molecule has 2 N–H and O–H groups in total. The van der Waals surface area contributed by atoms with Gasteiger partial charge in [0.2, 0.25) is 11.8 Å². The molecule has 0 bridgehead atoms. The summed E-state index contributed by atoms with van der Waals surface area (Å²) in [6.07, 6.45) is 0.0692. The van der Waals surface area contributed by atoms with Crippen LogP contribution in [-0.2, 0) is 19.1 Å². The molecule has 0 fully saturated rings. The van der Waals surface area contributed by atoms with Gasteiger partial charge in [-0.25, -0.2) is 5.43 Å². The fraction of sp³-hybridized carbons (Fsp3) is 0.444. The molecule has 25 heavy (non-hydrogen) atoms. The van der Waals surface area contributed by atoms with Crippen LogP contribution in [0.3, 0.4) is 0 Å². The lowest BCUT2D eigenvalue weighted by molar-refractivity contribution is -0.141. The zero-order valence-electron chi connectivity index (χ0n) is 15.1. The Kier molecular flexibility index (Phi) is 8.32. The lowest BCUT2D eigenvalue weighted by Crippen LogP contribution is -2.22. The second kappa shape index (κ2) is 10.2. The summed E-state index contributed by atoms with van der Waals surface area (Å²) in [4.78, 5) is 34.9. The van der Waals surface area contributed by atoms with Gasteiger partial charge in [0.25, 0.3) is 0 Å². The van der Waals surface area contributed by atoms with Crippen molar-refractivity contribution < 1.29 is 19.1 Å². The highest BCUT2D eigenvalue weighted by molar-refractivity contribution is 5.98. The summed E-state index contributed by atoms with van der Waals surface area (Å²) in [5.41, 5.74) is 5.52. The Morgan fingerprint density at radius 2 is 1.80 bits per heavy atom. The molecule has 1 rings (SSSR count). The van der Waals surface area contributed by atoms with Crippen LogP contribution in [0.4, 0.5) is 5.69 Å². The standard InChI is InChI=1S/C18H25N3O4/c1-5-25-18(24)11-14(4)20-21-17(23)9-8-16(22)19-15-10-12(2)6-7-13(15)3/h6-7,10H,5,8-9,11H2,1-4H3,(H,19,22)(H,21,23)/b20-14+. The molecule has 0 saturated heterocycles. The highest BCUT2D eigenvalue weighted by atomic mass is 16.5. The predicted octanol–water partition coefficient (Wildman–Crippen LogP) is 2.47. The van der Waals surface area contributed by atoms with Crippen LogP contribution >= 0.6 is 0 Å². The predicted molar refractivity (Wildman–Crippen MR) is 96.3 cm³/mol. The molecule has 0 aliphatic carbocycles. The number of hydrogen-bond donors (Lipinski definition) is 2. The zero-order valence-corrected chi connectivity index (χ0v) is 15.1. The first-order valence-electron chi connectivity index (χ1n) is 8.16. The number of nitrogens with zero attached hydrogens (tertiary/aromatic N) is 1. The minimum atomic E-state index is -0.397. The number of rotatable bonds is 8. The van der Waals surface area contributed by atoms with E-state index in [-0.39, 0.29) is 31.1 Å². The van der Waals surface area contributed by atoms with Gasteiger partial charge in [0.15, 0.2) is 0 Å². The van der Waals surface area contributed by atoms with Crippen molar-refractivity contribution in [1.29, 1.82) is 0 Å². The van der Waals surface area contributed by atoms with Crippen LogP contribution in [0.5, 0.6) is 0 Å². The number of carbonyl (C=O) groups is 3. The molecule has 0 aliphatic rings. The Bertz CT molecular complexity index is 668. The van der Waals surface area contributed by atoms with Crippen molar-refractivity contribution in [2.45, 2.75) is 47.0 Å². The van der Waals surface area contributed by atoms with Gasteiger partial charge in [0, 0.05) is 24.2 Å². The quantitative estimate of drug-likeness (QED) is 0.429. The van der Waals surface area contributed by atoms with Crippen molar-refractivity contribution in [3.8, 4) is 0 Å². The Morgan fingerprint density at radius 3 is 2.48 bits per heavy atom. The second-order valence-electron chi connectivity index (χ2n) is 5.73. The SMILES string of the molecule is CCOC(=O)C/C(C)=N/NC(=O)CCC(=O)Nc1cc(C)ccc1C. The number of benzene rings is 1. The van der Waals surface area contributed by atoms with Gasteiger partial charge in [-0.3, -0.25) is 14.4 Å². The highest BCUT2D eigenvalue weighted by Crippen LogP contribution is 2.16. The Hall–Kier alpha value is -2.70. The maximum absolute atomic E-state index is 11.9. The van der Waals surface area contributed by atoms with Gasteiger partial charge < -0.3 is 10.1 Å². The van der Waals surface area contributed by atoms with Crippen molar-refractivity contribution >= 4 is 29.2 Å². The van der Waals surface area contributed by atoms with Crippen molar-refractivity contribution in [2.75, 3.05) is 11.9 Å². The minimum absolute atomic E-state index is 0.00683. The largest absolute Gasteiger partial charge is 0.466 e. The fourth-order valence-electron chi connectivity index (χ4n) is 1.98. The number of carbonyl (C=O) groups excluding carboxylic acids is 3. The lowest BCUT2D eigenvalue weighted by Gasteiger charge is -2.09.